The van der Waals surface area contributed by atoms with Gasteiger partial charge < -0.3 is 0 Å². The molecule has 1 aliphatic carbocycles. The van der Waals surface area contributed by atoms with Gasteiger partial charge in [0.1, 0.15) is 20.2 Å². The van der Waals surface area contributed by atoms with Crippen molar-refractivity contribution < 1.29 is 13.2 Å². The summed E-state index contributed by atoms with van der Waals surface area (Å²) in [5, 5.41) is 2.25. The Hall–Kier alpha value is -0.225. The Morgan fingerprint density at radius 1 is 0.808 bits per heavy atom. The van der Waals surface area contributed by atoms with Crippen molar-refractivity contribution >= 4 is 7.85 Å². The van der Waals surface area contributed by atoms with Gasteiger partial charge in [0.25, 0.3) is 0 Å². The maximum atomic E-state index is 14.3. The molecule has 4 atom stereocenters. The highest BCUT2D eigenvalue weighted by Crippen LogP contribution is 2.27. The predicted octanol–water partition coefficient (Wildman–Crippen LogP) is 5.16. The van der Waals surface area contributed by atoms with Crippen LogP contribution in [0.3, 0.4) is 0 Å². The van der Waals surface area contributed by atoms with Crippen molar-refractivity contribution in [1.29, 1.82) is 0 Å². The van der Waals surface area contributed by atoms with Crippen LogP contribution < -0.4 is 5.43 Å². The third-order valence-electron chi connectivity index (χ3n) is 5.98. The molecule has 1 heterocycles. The van der Waals surface area contributed by atoms with Crippen molar-refractivity contribution in [2.45, 2.75) is 114 Å². The molecule has 1 N–H and O–H groups in total. The van der Waals surface area contributed by atoms with Crippen LogP contribution >= 0.6 is 0 Å². The Bertz CT molecular complexity index is 384. The van der Waals surface area contributed by atoms with Gasteiger partial charge in [0.2, 0.25) is 0 Å². The largest absolute Gasteiger partial charge is 0.255 e. The molecule has 1 saturated carbocycles. The SMILES string of the molecule is [B]C1(F)CCCN(C2CCCCCC(F)CCCC2)NCCCCC1F. The van der Waals surface area contributed by atoms with Crippen molar-refractivity contribution in [2.75, 3.05) is 13.1 Å². The molecule has 0 bridgehead atoms. The Kier molecular flexibility index (Phi) is 9.83. The van der Waals surface area contributed by atoms with E-state index in [2.05, 4.69) is 10.4 Å². The molecular formula is C20H36BF3N2. The van der Waals surface area contributed by atoms with Gasteiger partial charge in [-0.05, 0) is 57.8 Å². The Labute approximate surface area is 159 Å². The Balaban J connectivity index is 1.93. The van der Waals surface area contributed by atoms with Crippen molar-refractivity contribution in [1.82, 2.24) is 10.4 Å². The second kappa shape index (κ2) is 11.6. The van der Waals surface area contributed by atoms with Gasteiger partial charge >= 0.3 is 0 Å². The second-order valence-corrected chi connectivity index (χ2v) is 8.27. The summed E-state index contributed by atoms with van der Waals surface area (Å²) in [5.41, 5.74) is 1.30. The van der Waals surface area contributed by atoms with Crippen LogP contribution in [0.15, 0.2) is 0 Å². The summed E-state index contributed by atoms with van der Waals surface area (Å²) in [6.45, 7) is 1.48. The van der Waals surface area contributed by atoms with Gasteiger partial charge in [-0.25, -0.2) is 13.8 Å². The van der Waals surface area contributed by atoms with Crippen LogP contribution in [0.1, 0.15) is 89.9 Å². The third-order valence-corrected chi connectivity index (χ3v) is 5.98. The summed E-state index contributed by atoms with van der Waals surface area (Å²) in [7, 11) is 5.58. The lowest BCUT2D eigenvalue weighted by Gasteiger charge is -2.33. The molecule has 6 heteroatoms. The molecule has 0 amide bonds. The molecule has 0 spiro atoms. The van der Waals surface area contributed by atoms with E-state index >= 15 is 0 Å². The van der Waals surface area contributed by atoms with E-state index < -0.39 is 17.9 Å². The van der Waals surface area contributed by atoms with Crippen LogP contribution in [0.5, 0.6) is 0 Å². The highest BCUT2D eigenvalue weighted by molar-refractivity contribution is 6.14. The molecule has 1 saturated heterocycles. The molecule has 2 aliphatic rings. The fraction of sp³-hybridized carbons (Fsp3) is 1.00. The summed E-state index contributed by atoms with van der Waals surface area (Å²) < 4.78 is 42.1. The summed E-state index contributed by atoms with van der Waals surface area (Å²) in [6, 6.07) is 0.389. The predicted molar refractivity (Wildman–Crippen MR) is 103 cm³/mol. The Morgan fingerprint density at radius 3 is 2.19 bits per heavy atom. The summed E-state index contributed by atoms with van der Waals surface area (Å²) >= 11 is 0. The van der Waals surface area contributed by atoms with Crippen LogP contribution in [0.2, 0.25) is 0 Å². The first kappa shape index (κ1) is 22.1. The van der Waals surface area contributed by atoms with E-state index in [1.165, 1.54) is 0 Å². The molecule has 0 aromatic heterocycles. The Morgan fingerprint density at radius 2 is 1.42 bits per heavy atom. The van der Waals surface area contributed by atoms with E-state index in [0.29, 0.717) is 38.3 Å². The van der Waals surface area contributed by atoms with Crippen LogP contribution in [-0.2, 0) is 0 Å². The molecule has 0 aromatic rings. The molecule has 2 fully saturated rings. The highest BCUT2D eigenvalue weighted by Gasteiger charge is 2.33. The second-order valence-electron chi connectivity index (χ2n) is 8.27. The number of nitrogens with one attached hydrogen (secondary N) is 1. The number of hydrazine groups is 1. The molecule has 150 valence electrons. The molecule has 26 heavy (non-hydrogen) atoms. The maximum absolute atomic E-state index is 14.3. The zero-order valence-electron chi connectivity index (χ0n) is 16.2. The number of hydrogen-bond donors (Lipinski definition) is 1. The number of halogens is 3. The number of hydrogen-bond acceptors (Lipinski definition) is 2. The smallest absolute Gasteiger partial charge is 0.125 e. The van der Waals surface area contributed by atoms with Crippen LogP contribution in [0.4, 0.5) is 13.2 Å². The van der Waals surface area contributed by atoms with Gasteiger partial charge in [-0.2, -0.15) is 0 Å². The minimum atomic E-state index is -2.21. The van der Waals surface area contributed by atoms with Gasteiger partial charge in [0.05, 0.1) is 5.57 Å². The lowest BCUT2D eigenvalue weighted by Crippen LogP contribution is -2.47. The minimum Gasteiger partial charge on any atom is -0.255 e. The number of rotatable bonds is 1. The molecule has 1 aliphatic heterocycles. The topological polar surface area (TPSA) is 15.3 Å². The van der Waals surface area contributed by atoms with Gasteiger partial charge in [-0.3, -0.25) is 9.82 Å². The standard InChI is InChI=1S/C20H36BF3N2/c21-20(24)14-8-16-26(25-15-7-6-13-19(20)23)18-11-3-1-2-9-17(22)10-4-5-12-18/h17-19,25H,1-16H2. The average Bonchev–Trinajstić information content (AvgIpc) is 2.66. The summed E-state index contributed by atoms with van der Waals surface area (Å²) in [5.74, 6) is 0. The lowest BCUT2D eigenvalue weighted by molar-refractivity contribution is 0.0857. The first-order chi connectivity index (χ1) is 12.5. The van der Waals surface area contributed by atoms with E-state index in [-0.39, 0.29) is 12.8 Å². The fourth-order valence-electron chi connectivity index (χ4n) is 4.25. The number of nitrogens with zero attached hydrogens (tertiary/aromatic N) is 1. The van der Waals surface area contributed by atoms with Crippen molar-refractivity contribution in [3.63, 3.8) is 0 Å². The molecule has 2 radical (unpaired) electrons. The molecule has 2 rings (SSSR count). The van der Waals surface area contributed by atoms with Gasteiger partial charge in [0.15, 0.2) is 0 Å². The molecule has 0 aromatic carbocycles. The van der Waals surface area contributed by atoms with Gasteiger partial charge in [-0.1, -0.05) is 32.1 Å². The first-order valence-electron chi connectivity index (χ1n) is 10.7. The molecule has 2 nitrogen and oxygen atoms in total. The summed E-state index contributed by atoms with van der Waals surface area (Å²) in [4.78, 5) is 0. The third kappa shape index (κ3) is 7.79. The van der Waals surface area contributed by atoms with Gasteiger partial charge in [0, 0.05) is 19.1 Å². The zero-order chi connectivity index (χ0) is 18.8. The van der Waals surface area contributed by atoms with Crippen molar-refractivity contribution in [3.8, 4) is 0 Å². The first-order valence-corrected chi connectivity index (χ1v) is 10.7. The minimum absolute atomic E-state index is 0.0581. The van der Waals surface area contributed by atoms with Crippen molar-refractivity contribution in [3.05, 3.63) is 0 Å². The van der Waals surface area contributed by atoms with Crippen molar-refractivity contribution in [2.24, 2.45) is 0 Å². The monoisotopic (exact) mass is 372 g/mol. The zero-order valence-corrected chi connectivity index (χ0v) is 16.2. The summed E-state index contributed by atoms with van der Waals surface area (Å²) in [6.07, 6.45) is 8.66. The van der Waals surface area contributed by atoms with Crippen LogP contribution in [-0.4, -0.2) is 49.9 Å². The van der Waals surface area contributed by atoms with Crippen LogP contribution in [0.25, 0.3) is 0 Å². The lowest BCUT2D eigenvalue weighted by atomic mass is 9.74. The highest BCUT2D eigenvalue weighted by atomic mass is 19.2. The van der Waals surface area contributed by atoms with E-state index in [1.54, 1.807) is 0 Å². The molecule has 4 unspecified atom stereocenters. The van der Waals surface area contributed by atoms with E-state index in [1.807, 2.05) is 0 Å². The van der Waals surface area contributed by atoms with E-state index in [9.17, 15) is 13.2 Å². The average molecular weight is 372 g/mol. The van der Waals surface area contributed by atoms with Crippen LogP contribution in [0, 0.1) is 0 Å². The quantitative estimate of drug-likeness (QED) is 0.640. The van der Waals surface area contributed by atoms with E-state index in [4.69, 9.17) is 7.85 Å². The normalized spacial score (nSPS) is 38.0. The number of alkyl halides is 3. The van der Waals surface area contributed by atoms with Gasteiger partial charge in [-0.15, -0.1) is 0 Å². The maximum Gasteiger partial charge on any atom is 0.125 e. The van der Waals surface area contributed by atoms with E-state index in [0.717, 1.165) is 57.9 Å². The molecular weight excluding hydrogens is 336 g/mol. The fourth-order valence-corrected chi connectivity index (χ4v) is 4.25.